The molecule has 0 saturated carbocycles. The summed E-state index contributed by atoms with van der Waals surface area (Å²) in [7, 11) is 0. The highest BCUT2D eigenvalue weighted by Gasteiger charge is 2.30. The molecule has 2 heterocycles. The van der Waals surface area contributed by atoms with E-state index in [1.165, 1.54) is 0 Å². The van der Waals surface area contributed by atoms with E-state index in [-0.39, 0.29) is 17.7 Å². The topological polar surface area (TPSA) is 68.5 Å². The van der Waals surface area contributed by atoms with Crippen LogP contribution in [0.3, 0.4) is 0 Å². The summed E-state index contributed by atoms with van der Waals surface area (Å²) in [4.78, 5) is 19.1. The fraction of sp³-hybridized carbons (Fsp3) is 0.571. The van der Waals surface area contributed by atoms with E-state index in [1.54, 1.807) is 0 Å². The molecular weight excluding hydrogens is 342 g/mol. The molecule has 6 nitrogen and oxygen atoms in total. The Kier molecular flexibility index (Phi) is 6.98. The van der Waals surface area contributed by atoms with Crippen molar-refractivity contribution in [3.63, 3.8) is 0 Å². The van der Waals surface area contributed by atoms with Crippen molar-refractivity contribution in [2.24, 2.45) is 5.92 Å². The van der Waals surface area contributed by atoms with Crippen molar-refractivity contribution >= 4 is 5.91 Å². The molecule has 3 rings (SSSR count). The molecule has 0 bridgehead atoms. The number of hydrogen-bond donors (Lipinski definition) is 0. The second-order valence-corrected chi connectivity index (χ2v) is 7.16. The summed E-state index contributed by atoms with van der Waals surface area (Å²) in [5, 5.41) is 4.14. The standard InChI is InChI=1S/C21H29N3O3/c1-3-17(4-2)21(25)24-12-8-11-18(13-24)20-22-19(27-23-20)15-26-14-16-9-6-5-7-10-16/h5-7,9-10,17-18H,3-4,8,11-15H2,1-2H3. The monoisotopic (exact) mass is 371 g/mol. The molecule has 1 aliphatic heterocycles. The zero-order valence-corrected chi connectivity index (χ0v) is 16.3. The van der Waals surface area contributed by atoms with Crippen LogP contribution in [0.5, 0.6) is 0 Å². The molecule has 0 radical (unpaired) electrons. The molecule has 1 unspecified atom stereocenters. The predicted molar refractivity (Wildman–Crippen MR) is 102 cm³/mol. The van der Waals surface area contributed by atoms with Crippen molar-refractivity contribution < 1.29 is 14.1 Å². The molecule has 1 aromatic carbocycles. The van der Waals surface area contributed by atoms with Crippen LogP contribution in [0.2, 0.25) is 0 Å². The van der Waals surface area contributed by atoms with Gasteiger partial charge < -0.3 is 14.2 Å². The highest BCUT2D eigenvalue weighted by atomic mass is 16.5. The molecule has 1 fully saturated rings. The number of carbonyl (C=O) groups is 1. The Morgan fingerprint density at radius 3 is 2.78 bits per heavy atom. The van der Waals surface area contributed by atoms with Crippen LogP contribution in [0.4, 0.5) is 0 Å². The number of likely N-dealkylation sites (tertiary alicyclic amines) is 1. The molecule has 1 aliphatic rings. The van der Waals surface area contributed by atoms with Gasteiger partial charge in [0.05, 0.1) is 6.61 Å². The van der Waals surface area contributed by atoms with Gasteiger partial charge in [0.15, 0.2) is 5.82 Å². The lowest BCUT2D eigenvalue weighted by Crippen LogP contribution is -2.42. The van der Waals surface area contributed by atoms with Crippen LogP contribution in [0.1, 0.15) is 62.7 Å². The van der Waals surface area contributed by atoms with Crippen LogP contribution in [0, 0.1) is 5.92 Å². The third-order valence-corrected chi connectivity index (χ3v) is 5.25. The first-order valence-corrected chi connectivity index (χ1v) is 9.94. The van der Waals surface area contributed by atoms with Crippen LogP contribution < -0.4 is 0 Å². The SMILES string of the molecule is CCC(CC)C(=O)N1CCCC(c2noc(COCc3ccccc3)n2)C1. The molecule has 146 valence electrons. The summed E-state index contributed by atoms with van der Waals surface area (Å²) < 4.78 is 11.0. The van der Waals surface area contributed by atoms with E-state index < -0.39 is 0 Å². The van der Waals surface area contributed by atoms with Crippen LogP contribution in [0.15, 0.2) is 34.9 Å². The summed E-state index contributed by atoms with van der Waals surface area (Å²) in [6.45, 7) is 6.48. The third-order valence-electron chi connectivity index (χ3n) is 5.25. The normalized spacial score (nSPS) is 17.4. The van der Waals surface area contributed by atoms with E-state index in [0.717, 1.165) is 37.8 Å². The zero-order chi connectivity index (χ0) is 19.1. The van der Waals surface area contributed by atoms with Crippen molar-refractivity contribution in [2.75, 3.05) is 13.1 Å². The largest absolute Gasteiger partial charge is 0.367 e. The second-order valence-electron chi connectivity index (χ2n) is 7.16. The average molecular weight is 371 g/mol. The molecule has 1 aromatic heterocycles. The highest BCUT2D eigenvalue weighted by molar-refractivity contribution is 5.78. The van der Waals surface area contributed by atoms with E-state index in [1.807, 2.05) is 35.2 Å². The maximum atomic E-state index is 12.7. The number of piperidine rings is 1. The van der Waals surface area contributed by atoms with Gasteiger partial charge in [-0.2, -0.15) is 4.98 Å². The third kappa shape index (κ3) is 5.16. The highest BCUT2D eigenvalue weighted by Crippen LogP contribution is 2.27. The molecule has 0 aliphatic carbocycles. The van der Waals surface area contributed by atoms with Crippen molar-refractivity contribution in [1.82, 2.24) is 15.0 Å². The molecule has 0 N–H and O–H groups in total. The van der Waals surface area contributed by atoms with Gasteiger partial charge in [0, 0.05) is 24.9 Å². The minimum Gasteiger partial charge on any atom is -0.367 e. The summed E-state index contributed by atoms with van der Waals surface area (Å²) in [6.07, 6.45) is 3.74. The van der Waals surface area contributed by atoms with E-state index in [2.05, 4.69) is 24.0 Å². The van der Waals surface area contributed by atoms with Gasteiger partial charge in [-0.1, -0.05) is 49.3 Å². The smallest absolute Gasteiger partial charge is 0.252 e. The van der Waals surface area contributed by atoms with Gasteiger partial charge in [0.2, 0.25) is 5.91 Å². The molecule has 1 amide bonds. The maximum Gasteiger partial charge on any atom is 0.252 e. The van der Waals surface area contributed by atoms with Crippen molar-refractivity contribution in [3.05, 3.63) is 47.6 Å². The first-order chi connectivity index (χ1) is 13.2. The Labute approximate surface area is 160 Å². The van der Waals surface area contributed by atoms with Crippen molar-refractivity contribution in [2.45, 2.75) is 58.7 Å². The van der Waals surface area contributed by atoms with Gasteiger partial charge >= 0.3 is 0 Å². The van der Waals surface area contributed by atoms with Gasteiger partial charge in [-0.3, -0.25) is 4.79 Å². The predicted octanol–water partition coefficient (Wildman–Crippen LogP) is 3.93. The van der Waals surface area contributed by atoms with Crippen LogP contribution >= 0.6 is 0 Å². The fourth-order valence-electron chi connectivity index (χ4n) is 3.61. The van der Waals surface area contributed by atoms with Crippen LogP contribution in [-0.4, -0.2) is 34.0 Å². The van der Waals surface area contributed by atoms with E-state index in [0.29, 0.717) is 31.5 Å². The Morgan fingerprint density at radius 2 is 2.04 bits per heavy atom. The molecular formula is C21H29N3O3. The van der Waals surface area contributed by atoms with Crippen molar-refractivity contribution in [3.8, 4) is 0 Å². The molecule has 27 heavy (non-hydrogen) atoms. The quantitative estimate of drug-likeness (QED) is 0.703. The Hall–Kier alpha value is -2.21. The summed E-state index contributed by atoms with van der Waals surface area (Å²) in [6, 6.07) is 10.00. The van der Waals surface area contributed by atoms with Gasteiger partial charge in [0.25, 0.3) is 5.89 Å². The number of nitrogens with zero attached hydrogens (tertiary/aromatic N) is 3. The lowest BCUT2D eigenvalue weighted by Gasteiger charge is -2.33. The van der Waals surface area contributed by atoms with Crippen LogP contribution in [0.25, 0.3) is 0 Å². The van der Waals surface area contributed by atoms with E-state index in [9.17, 15) is 4.79 Å². The number of aromatic nitrogens is 2. The number of amides is 1. The fourth-order valence-corrected chi connectivity index (χ4v) is 3.61. The summed E-state index contributed by atoms with van der Waals surface area (Å²) in [5.41, 5.74) is 1.11. The summed E-state index contributed by atoms with van der Waals surface area (Å²) >= 11 is 0. The van der Waals surface area contributed by atoms with Gasteiger partial charge in [-0.15, -0.1) is 0 Å². The number of carbonyl (C=O) groups excluding carboxylic acids is 1. The van der Waals surface area contributed by atoms with E-state index in [4.69, 9.17) is 9.26 Å². The Morgan fingerprint density at radius 1 is 1.26 bits per heavy atom. The lowest BCUT2D eigenvalue weighted by molar-refractivity contribution is -0.137. The van der Waals surface area contributed by atoms with Crippen LogP contribution in [-0.2, 0) is 22.7 Å². The molecule has 2 aromatic rings. The first kappa shape index (κ1) is 19.5. The Balaban J connectivity index is 1.53. The molecule has 6 heteroatoms. The van der Waals surface area contributed by atoms with Gasteiger partial charge in [-0.25, -0.2) is 0 Å². The number of rotatable bonds is 8. The number of ether oxygens (including phenoxy) is 1. The first-order valence-electron chi connectivity index (χ1n) is 9.94. The maximum absolute atomic E-state index is 12.7. The van der Waals surface area contributed by atoms with Crippen molar-refractivity contribution in [1.29, 1.82) is 0 Å². The average Bonchev–Trinajstić information content (AvgIpc) is 3.19. The summed E-state index contributed by atoms with van der Waals surface area (Å²) in [5.74, 6) is 1.71. The zero-order valence-electron chi connectivity index (χ0n) is 16.3. The Bertz CT molecular complexity index is 712. The number of benzene rings is 1. The second kappa shape index (κ2) is 9.65. The minimum absolute atomic E-state index is 0.121. The molecule has 1 atom stereocenters. The molecule has 1 saturated heterocycles. The van der Waals surface area contributed by atoms with Gasteiger partial charge in [0.1, 0.15) is 6.61 Å². The lowest BCUT2D eigenvalue weighted by atomic mass is 9.94. The minimum atomic E-state index is 0.121. The van der Waals surface area contributed by atoms with Gasteiger partial charge in [-0.05, 0) is 31.2 Å². The van der Waals surface area contributed by atoms with E-state index >= 15 is 0 Å². The molecule has 0 spiro atoms. The number of hydrogen-bond acceptors (Lipinski definition) is 5.